The first-order valence-electron chi connectivity index (χ1n) is 25.8. The third-order valence-electron chi connectivity index (χ3n) is 13.2. The number of aryl methyl sites for hydroxylation is 1. The zero-order valence-electron chi connectivity index (χ0n) is 45.2. The number of nitrogens with one attached hydrogen (secondary N) is 2. The molecule has 5 heterocycles. The number of amides is 5. The van der Waals surface area contributed by atoms with Gasteiger partial charge in [-0.15, -0.1) is 0 Å². The van der Waals surface area contributed by atoms with Crippen LogP contribution in [0.3, 0.4) is 0 Å². The number of aliphatic hydroxyl groups excluding tert-OH is 2. The second kappa shape index (κ2) is 26.9. The number of rotatable bonds is 26. The van der Waals surface area contributed by atoms with Crippen LogP contribution in [0.1, 0.15) is 80.8 Å². The number of hydrogen-bond donors (Lipinski definition) is 5. The molecule has 2 aliphatic rings. The van der Waals surface area contributed by atoms with Crippen LogP contribution in [0.4, 0.5) is 19.3 Å². The summed E-state index contributed by atoms with van der Waals surface area (Å²) in [5.74, 6) is -5.58. The summed E-state index contributed by atoms with van der Waals surface area (Å²) in [7, 11) is 3.27. The number of carbonyl (C=O) groups is 6. The highest BCUT2D eigenvalue weighted by molar-refractivity contribution is 6.12. The Hall–Kier alpha value is -7.84. The van der Waals surface area contributed by atoms with E-state index in [-0.39, 0.29) is 120 Å². The summed E-state index contributed by atoms with van der Waals surface area (Å²) in [5, 5.41) is 40.9. The Morgan fingerprint density at radius 3 is 2.41 bits per heavy atom. The number of carboxylic acids is 1. The molecule has 0 saturated carbocycles. The number of imidazole rings is 1. The first-order chi connectivity index (χ1) is 38.1. The molecule has 25 heteroatoms. The number of ether oxygens (including phenoxy) is 6. The molecule has 5 aromatic rings. The molecule has 430 valence electrons. The van der Waals surface area contributed by atoms with Gasteiger partial charge in [-0.05, 0) is 54.3 Å². The second-order valence-electron chi connectivity index (χ2n) is 20.2. The van der Waals surface area contributed by atoms with Crippen LogP contribution in [0.25, 0.3) is 16.8 Å². The van der Waals surface area contributed by atoms with Crippen LogP contribution in [-0.2, 0) is 69.5 Å². The van der Waals surface area contributed by atoms with E-state index < -0.39 is 71.4 Å². The summed E-state index contributed by atoms with van der Waals surface area (Å²) in [6.45, 7) is 7.75. The van der Waals surface area contributed by atoms with Crippen LogP contribution in [-0.4, -0.2) is 152 Å². The zero-order chi connectivity index (χ0) is 57.8. The minimum absolute atomic E-state index is 0.0118. The SMILES string of the molecule is Cc1c(CCOc2c(-c3ccc4ncc(CN(C)C(=O)OCc5ccc(OC6CC(O)CC(C(=O)O)O6)c(NC(=O)CCNC(=O)CCOCCOCCN6C(=O)C=CC6=O)c5)n4c3)ccc(F)c2F)c(C(O)C(C)(C)C)nn1C. The van der Waals surface area contributed by atoms with Crippen molar-refractivity contribution in [3.8, 4) is 22.6 Å². The maximum Gasteiger partial charge on any atom is 0.410 e. The topological polar surface area (TPSA) is 284 Å². The fraction of sp³-hybridized carbons (Fsp3) is 0.455. The average Bonchev–Trinajstić information content (AvgIpc) is 4.07. The maximum absolute atomic E-state index is 15.6. The van der Waals surface area contributed by atoms with Crippen molar-refractivity contribution in [2.24, 2.45) is 12.5 Å². The Bertz CT molecular complexity index is 3080. The molecule has 80 heavy (non-hydrogen) atoms. The fourth-order valence-corrected chi connectivity index (χ4v) is 8.66. The quantitative estimate of drug-likeness (QED) is 0.0363. The van der Waals surface area contributed by atoms with Gasteiger partial charge in [0.1, 0.15) is 24.1 Å². The first-order valence-corrected chi connectivity index (χ1v) is 25.8. The van der Waals surface area contributed by atoms with Gasteiger partial charge >= 0.3 is 12.1 Å². The Labute approximate surface area is 459 Å². The lowest BCUT2D eigenvalue weighted by Gasteiger charge is -2.31. The summed E-state index contributed by atoms with van der Waals surface area (Å²) in [4.78, 5) is 81.0. The number of aromatic nitrogens is 4. The van der Waals surface area contributed by atoms with Gasteiger partial charge in [-0.1, -0.05) is 26.8 Å². The molecule has 0 bridgehead atoms. The number of fused-ring (bicyclic) bond motifs is 1. The molecule has 4 unspecified atom stereocenters. The van der Waals surface area contributed by atoms with Crippen molar-refractivity contribution in [3.63, 3.8) is 0 Å². The van der Waals surface area contributed by atoms with E-state index in [1.807, 2.05) is 27.7 Å². The third-order valence-corrected chi connectivity index (χ3v) is 13.2. The Morgan fingerprint density at radius 1 is 0.950 bits per heavy atom. The average molecular weight is 1120 g/mol. The summed E-state index contributed by atoms with van der Waals surface area (Å²) in [5.41, 5.74) is 3.74. The number of anilines is 1. The Kier molecular flexibility index (Phi) is 20.1. The van der Waals surface area contributed by atoms with Gasteiger partial charge in [0, 0.05) is 93.5 Å². The number of imide groups is 1. The number of carbonyl (C=O) groups excluding carboxylic acids is 5. The predicted molar refractivity (Wildman–Crippen MR) is 281 cm³/mol. The van der Waals surface area contributed by atoms with Crippen LogP contribution in [0.2, 0.25) is 0 Å². The molecule has 23 nitrogen and oxygen atoms in total. The van der Waals surface area contributed by atoms with Crippen LogP contribution >= 0.6 is 0 Å². The number of nitrogens with zero attached hydrogens (tertiary/aromatic N) is 6. The smallest absolute Gasteiger partial charge is 0.410 e. The highest BCUT2D eigenvalue weighted by atomic mass is 19.2. The van der Waals surface area contributed by atoms with Crippen molar-refractivity contribution < 1.29 is 81.3 Å². The maximum atomic E-state index is 15.6. The lowest BCUT2D eigenvalue weighted by molar-refractivity contribution is -0.195. The molecule has 1 fully saturated rings. The molecule has 0 spiro atoms. The van der Waals surface area contributed by atoms with Crippen molar-refractivity contribution in [3.05, 3.63) is 107 Å². The van der Waals surface area contributed by atoms with Gasteiger partial charge in [0.25, 0.3) is 11.8 Å². The van der Waals surface area contributed by atoms with Gasteiger partial charge in [0.2, 0.25) is 23.9 Å². The van der Waals surface area contributed by atoms with Gasteiger partial charge < -0.3 is 63.7 Å². The number of aliphatic hydroxyl groups is 2. The van der Waals surface area contributed by atoms with Crippen LogP contribution in [0.5, 0.6) is 11.5 Å². The normalized spacial score (nSPS) is 16.7. The lowest BCUT2D eigenvalue weighted by Crippen LogP contribution is -2.42. The van der Waals surface area contributed by atoms with Gasteiger partial charge in [0.15, 0.2) is 17.7 Å². The van der Waals surface area contributed by atoms with E-state index in [1.54, 1.807) is 46.7 Å². The molecule has 4 atom stereocenters. The van der Waals surface area contributed by atoms with Crippen LogP contribution < -0.4 is 20.1 Å². The molecular weight excluding hydrogens is 1050 g/mol. The number of aliphatic carboxylic acids is 1. The van der Waals surface area contributed by atoms with E-state index in [0.717, 1.165) is 22.2 Å². The monoisotopic (exact) mass is 1120 g/mol. The molecule has 5 amide bonds. The molecular formula is C55H66F2N8O15. The van der Waals surface area contributed by atoms with Crippen LogP contribution in [0.15, 0.2) is 67.0 Å². The molecule has 5 N–H and O–H groups in total. The Morgan fingerprint density at radius 2 is 1.69 bits per heavy atom. The number of pyridine rings is 1. The van der Waals surface area contributed by atoms with E-state index >= 15 is 4.39 Å². The van der Waals surface area contributed by atoms with E-state index in [9.17, 15) is 48.5 Å². The number of halogens is 2. The molecule has 2 aliphatic heterocycles. The highest BCUT2D eigenvalue weighted by Gasteiger charge is 2.35. The third kappa shape index (κ3) is 15.5. The van der Waals surface area contributed by atoms with Gasteiger partial charge in [-0.2, -0.15) is 9.49 Å². The van der Waals surface area contributed by atoms with Crippen molar-refractivity contribution in [2.75, 3.05) is 58.5 Å². The molecule has 0 radical (unpaired) electrons. The minimum Gasteiger partial charge on any atom is -0.489 e. The number of benzene rings is 2. The molecule has 1 saturated heterocycles. The minimum atomic E-state index is -1.35. The van der Waals surface area contributed by atoms with Gasteiger partial charge in [-0.25, -0.2) is 19.0 Å². The standard InChI is InChI=1S/C55H66F2N8O15/c1-32-37(50(61-63(32)6)52(71)55(2,3)4)16-21-77-51-38(9-10-39(56)49(51)57)34-8-12-43-59-28-35(65(43)29-34)30-62(5)54(74)78-31-33-7-11-41(79-48-27-36(66)26-42(80-48)53(72)73)40(25-33)60-45(68)15-18-58-44(67)17-20-75-23-24-76-22-19-64-46(69)13-14-47(64)70/h7-14,25,28-29,36,42,48,52,66,71H,15-24,26-27,30-31H2,1-6H3,(H,58,67)(H,60,68)(H,72,73). The van der Waals surface area contributed by atoms with Gasteiger partial charge in [0.05, 0.1) is 75.5 Å². The molecule has 3 aromatic heterocycles. The molecule has 2 aromatic carbocycles. The van der Waals surface area contributed by atoms with E-state index in [2.05, 4.69) is 20.7 Å². The summed E-state index contributed by atoms with van der Waals surface area (Å²) < 4.78 is 67.7. The lowest BCUT2D eigenvalue weighted by atomic mass is 9.85. The predicted octanol–water partition coefficient (Wildman–Crippen LogP) is 4.91. The number of carboxylic acid groups (broad SMARTS) is 1. The van der Waals surface area contributed by atoms with Crippen LogP contribution in [0, 0.1) is 24.0 Å². The van der Waals surface area contributed by atoms with E-state index in [0.29, 0.717) is 28.2 Å². The van der Waals surface area contributed by atoms with Crippen molar-refractivity contribution in [1.82, 2.24) is 34.3 Å². The van der Waals surface area contributed by atoms with Gasteiger partial charge in [-0.3, -0.25) is 28.8 Å². The van der Waals surface area contributed by atoms with Crippen molar-refractivity contribution in [2.45, 2.75) is 97.6 Å². The second-order valence-corrected chi connectivity index (χ2v) is 20.2. The fourth-order valence-electron chi connectivity index (χ4n) is 8.66. The Balaban J connectivity index is 0.946. The summed E-state index contributed by atoms with van der Waals surface area (Å²) in [6, 6.07) is 10.3. The largest absolute Gasteiger partial charge is 0.489 e. The van der Waals surface area contributed by atoms with E-state index in [4.69, 9.17) is 28.4 Å². The zero-order valence-corrected chi connectivity index (χ0v) is 45.2. The molecule has 0 aliphatic carbocycles. The van der Waals surface area contributed by atoms with E-state index in [1.165, 1.54) is 42.3 Å². The highest BCUT2D eigenvalue weighted by Crippen LogP contribution is 2.37. The van der Waals surface area contributed by atoms with Crippen molar-refractivity contribution >= 4 is 47.0 Å². The summed E-state index contributed by atoms with van der Waals surface area (Å²) in [6.07, 6.45) is 0.199. The first kappa shape index (κ1) is 59.8. The number of hydrogen-bond acceptors (Lipinski definition) is 16. The summed E-state index contributed by atoms with van der Waals surface area (Å²) >= 11 is 0. The van der Waals surface area contributed by atoms with Crippen molar-refractivity contribution in [1.29, 1.82) is 0 Å². The molecule has 7 rings (SSSR count).